The first-order valence-corrected chi connectivity index (χ1v) is 7.31. The fourth-order valence-electron chi connectivity index (χ4n) is 0.866. The van der Waals surface area contributed by atoms with Crippen LogP contribution in [-0.2, 0) is 4.57 Å². The third-order valence-electron chi connectivity index (χ3n) is 1.48. The molecule has 0 radical (unpaired) electrons. The van der Waals surface area contributed by atoms with Crippen LogP contribution >= 0.6 is 42.5 Å². The Kier molecular flexibility index (Phi) is 8.74. The molecule has 0 aromatic rings. The molecule has 1 atom stereocenters. The Morgan fingerprint density at radius 3 is 2.00 bits per heavy atom. The van der Waals surface area contributed by atoms with Crippen molar-refractivity contribution in [3.63, 3.8) is 0 Å². The molecule has 0 aliphatic rings. The highest BCUT2D eigenvalue weighted by Gasteiger charge is 2.26. The molecular weight excluding hydrogens is 269 g/mol. The zero-order valence-electron chi connectivity index (χ0n) is 7.63. The third-order valence-corrected chi connectivity index (χ3v) is 3.81. The summed E-state index contributed by atoms with van der Waals surface area (Å²) in [5.74, 6) is 0.841. The number of halogens is 3. The largest absolute Gasteiger partial charge is 0.340 e. The van der Waals surface area contributed by atoms with Gasteiger partial charge in [-0.05, 0) is 0 Å². The minimum atomic E-state index is -3.52. The van der Waals surface area contributed by atoms with Crippen LogP contribution in [0.4, 0.5) is 0 Å². The van der Waals surface area contributed by atoms with Crippen molar-refractivity contribution in [2.75, 3.05) is 37.3 Å². The standard InChI is InChI=1S/C6H14Cl3N2O2P/c7-1-4-10-14(12,13)11(5-2-8)6-3-9/h1-6H2,(H2,10,12,13). The second-order valence-corrected chi connectivity index (χ2v) is 5.58. The predicted molar refractivity (Wildman–Crippen MR) is 61.6 cm³/mol. The number of hydrogen-bond acceptors (Lipinski definition) is 1. The minimum absolute atomic E-state index is 0.274. The molecule has 2 N–H and O–H groups in total. The molecule has 0 bridgehead atoms. The van der Waals surface area contributed by atoms with Gasteiger partial charge < -0.3 is 4.89 Å². The summed E-state index contributed by atoms with van der Waals surface area (Å²) in [6, 6.07) is 0. The maximum absolute atomic E-state index is 11.6. The normalized spacial score (nSPS) is 15.8. The van der Waals surface area contributed by atoms with Gasteiger partial charge in [-0.1, -0.05) is 0 Å². The van der Waals surface area contributed by atoms with Crippen LogP contribution in [0.3, 0.4) is 0 Å². The predicted octanol–water partition coefficient (Wildman–Crippen LogP) is 1.69. The van der Waals surface area contributed by atoms with Crippen LogP contribution in [-0.4, -0.2) is 46.8 Å². The molecule has 86 valence electrons. The lowest BCUT2D eigenvalue weighted by Gasteiger charge is -2.25. The molecule has 0 amide bonds. The highest BCUT2D eigenvalue weighted by molar-refractivity contribution is 7.53. The van der Waals surface area contributed by atoms with E-state index in [-0.39, 0.29) is 24.2 Å². The lowest BCUT2D eigenvalue weighted by atomic mass is 10.6. The summed E-state index contributed by atoms with van der Waals surface area (Å²) in [6.07, 6.45) is 0. The van der Waals surface area contributed by atoms with Crippen molar-refractivity contribution in [2.45, 2.75) is 0 Å². The summed E-state index contributed by atoms with van der Waals surface area (Å²) in [6.45, 7) is 0.908. The van der Waals surface area contributed by atoms with Crippen molar-refractivity contribution in [1.82, 2.24) is 9.76 Å². The SMILES string of the molecule is O=P(O)(NCCCl)N(CCCl)CCCl. The number of rotatable bonds is 8. The van der Waals surface area contributed by atoms with Gasteiger partial charge in [0, 0.05) is 37.3 Å². The van der Waals surface area contributed by atoms with Crippen LogP contribution in [0.1, 0.15) is 0 Å². The Morgan fingerprint density at radius 2 is 1.64 bits per heavy atom. The molecule has 0 saturated carbocycles. The molecule has 0 aliphatic heterocycles. The van der Waals surface area contributed by atoms with Crippen molar-refractivity contribution in [2.24, 2.45) is 0 Å². The van der Waals surface area contributed by atoms with Crippen LogP contribution in [0.5, 0.6) is 0 Å². The second-order valence-electron chi connectivity index (χ2n) is 2.47. The molecular formula is C6H14Cl3N2O2P. The molecule has 0 aliphatic carbocycles. The average Bonchev–Trinajstić information content (AvgIpc) is 2.14. The molecule has 0 aromatic carbocycles. The smallest absolute Gasteiger partial charge is 0.322 e. The number of alkyl halides is 3. The zero-order valence-corrected chi connectivity index (χ0v) is 10.8. The summed E-state index contributed by atoms with van der Waals surface area (Å²) in [5.41, 5.74) is 0. The number of nitrogens with one attached hydrogen (secondary N) is 1. The van der Waals surface area contributed by atoms with E-state index in [0.29, 0.717) is 13.1 Å². The van der Waals surface area contributed by atoms with Gasteiger partial charge in [0.1, 0.15) is 0 Å². The molecule has 1 unspecified atom stereocenters. The quantitative estimate of drug-likeness (QED) is 0.526. The van der Waals surface area contributed by atoms with Crippen molar-refractivity contribution >= 4 is 42.5 Å². The van der Waals surface area contributed by atoms with Gasteiger partial charge in [-0.25, -0.2) is 9.76 Å². The first kappa shape index (κ1) is 15.0. The highest BCUT2D eigenvalue weighted by atomic mass is 35.5. The maximum atomic E-state index is 11.6. The Labute approximate surface area is 99.1 Å². The van der Waals surface area contributed by atoms with E-state index in [2.05, 4.69) is 5.09 Å². The lowest BCUT2D eigenvalue weighted by Crippen LogP contribution is -2.31. The molecule has 0 aromatic heterocycles. The third kappa shape index (κ3) is 5.76. The van der Waals surface area contributed by atoms with Crippen LogP contribution in [0.25, 0.3) is 0 Å². The summed E-state index contributed by atoms with van der Waals surface area (Å²) in [4.78, 5) is 9.56. The molecule has 4 nitrogen and oxygen atoms in total. The van der Waals surface area contributed by atoms with Gasteiger partial charge in [0.05, 0.1) is 0 Å². The van der Waals surface area contributed by atoms with E-state index in [0.717, 1.165) is 0 Å². The highest BCUT2D eigenvalue weighted by Crippen LogP contribution is 2.39. The molecule has 0 spiro atoms. The Hall–Kier alpha value is 0.980. The Morgan fingerprint density at radius 1 is 1.14 bits per heavy atom. The first-order valence-electron chi connectivity index (χ1n) is 4.09. The topological polar surface area (TPSA) is 52.6 Å². The fourth-order valence-corrected chi connectivity index (χ4v) is 3.08. The van der Waals surface area contributed by atoms with Gasteiger partial charge in [0.2, 0.25) is 0 Å². The molecule has 0 rings (SSSR count). The van der Waals surface area contributed by atoms with Crippen LogP contribution in [0.2, 0.25) is 0 Å². The van der Waals surface area contributed by atoms with E-state index in [1.165, 1.54) is 4.67 Å². The summed E-state index contributed by atoms with van der Waals surface area (Å²) in [5, 5.41) is 2.47. The summed E-state index contributed by atoms with van der Waals surface area (Å²) >= 11 is 16.4. The zero-order chi connectivity index (χ0) is 11.0. The Balaban J connectivity index is 4.21. The van der Waals surface area contributed by atoms with Crippen molar-refractivity contribution in [3.05, 3.63) is 0 Å². The van der Waals surface area contributed by atoms with Crippen LogP contribution in [0.15, 0.2) is 0 Å². The van der Waals surface area contributed by atoms with Crippen LogP contribution < -0.4 is 5.09 Å². The van der Waals surface area contributed by atoms with Gasteiger partial charge >= 0.3 is 7.67 Å². The van der Waals surface area contributed by atoms with Gasteiger partial charge in [-0.15, -0.1) is 34.8 Å². The maximum Gasteiger partial charge on any atom is 0.340 e. The summed E-state index contributed by atoms with van der Waals surface area (Å²) in [7, 11) is -3.52. The van der Waals surface area contributed by atoms with Crippen molar-refractivity contribution < 1.29 is 9.46 Å². The molecule has 0 fully saturated rings. The molecule has 8 heteroatoms. The van der Waals surface area contributed by atoms with Crippen molar-refractivity contribution in [1.29, 1.82) is 0 Å². The molecule has 0 saturated heterocycles. The van der Waals surface area contributed by atoms with E-state index in [1.807, 2.05) is 0 Å². The van der Waals surface area contributed by atoms with Gasteiger partial charge in [-0.2, -0.15) is 0 Å². The average molecular weight is 284 g/mol. The van der Waals surface area contributed by atoms with E-state index in [1.54, 1.807) is 0 Å². The van der Waals surface area contributed by atoms with Gasteiger partial charge in [0.25, 0.3) is 0 Å². The van der Waals surface area contributed by atoms with Crippen LogP contribution in [0, 0.1) is 0 Å². The second kappa shape index (κ2) is 8.17. The van der Waals surface area contributed by atoms with E-state index < -0.39 is 7.67 Å². The molecule has 0 heterocycles. The number of hydrogen-bond donors (Lipinski definition) is 2. The first-order chi connectivity index (χ1) is 6.58. The van der Waals surface area contributed by atoms with Gasteiger partial charge in [0.15, 0.2) is 0 Å². The summed E-state index contributed by atoms with van der Waals surface area (Å²) < 4.78 is 13.0. The lowest BCUT2D eigenvalue weighted by molar-refractivity contribution is 0.355. The molecule has 14 heavy (non-hydrogen) atoms. The minimum Gasteiger partial charge on any atom is -0.322 e. The van der Waals surface area contributed by atoms with E-state index in [4.69, 9.17) is 34.8 Å². The van der Waals surface area contributed by atoms with Crippen molar-refractivity contribution in [3.8, 4) is 0 Å². The number of nitrogens with zero attached hydrogens (tertiary/aromatic N) is 1. The van der Waals surface area contributed by atoms with Gasteiger partial charge in [-0.3, -0.25) is 4.57 Å². The van der Waals surface area contributed by atoms with E-state index >= 15 is 0 Å². The fraction of sp³-hybridized carbons (Fsp3) is 1.00. The Bertz CT molecular complexity index is 190. The monoisotopic (exact) mass is 282 g/mol. The van der Waals surface area contributed by atoms with E-state index in [9.17, 15) is 9.46 Å².